The highest BCUT2D eigenvalue weighted by molar-refractivity contribution is 9.10. The summed E-state index contributed by atoms with van der Waals surface area (Å²) >= 11 is 4.59. The van der Waals surface area contributed by atoms with Crippen LogP contribution in [0.1, 0.15) is 15.4 Å². The lowest BCUT2D eigenvalue weighted by Gasteiger charge is -2.04. The third-order valence-electron chi connectivity index (χ3n) is 4.57. The van der Waals surface area contributed by atoms with Gasteiger partial charge < -0.3 is 0 Å². The van der Waals surface area contributed by atoms with E-state index >= 15 is 0 Å². The smallest absolute Gasteiger partial charge is 0.221 e. The van der Waals surface area contributed by atoms with Crippen LogP contribution in [-0.2, 0) is 9.84 Å². The van der Waals surface area contributed by atoms with Gasteiger partial charge in [0.25, 0.3) is 0 Å². The number of hydrogen-bond donors (Lipinski definition) is 0. The summed E-state index contributed by atoms with van der Waals surface area (Å²) in [6.07, 6.45) is 1.14. The molecule has 0 fully saturated rings. The fraction of sp³-hybridized carbons (Fsp3) is 0.0435. The quantitative estimate of drug-likeness (QED) is 0.305. The van der Waals surface area contributed by atoms with Crippen molar-refractivity contribution in [2.45, 2.75) is 4.90 Å². The fourth-order valence-electron chi connectivity index (χ4n) is 3.02. The lowest BCUT2D eigenvalue weighted by Crippen LogP contribution is -2.00. The van der Waals surface area contributed by atoms with E-state index in [2.05, 4.69) is 20.9 Å². The van der Waals surface area contributed by atoms with Crippen molar-refractivity contribution in [2.24, 2.45) is 0 Å². The molecule has 0 saturated carbocycles. The van der Waals surface area contributed by atoms with E-state index in [0.717, 1.165) is 16.3 Å². The number of ketones is 1. The fourth-order valence-corrected chi connectivity index (χ4v) is 5.11. The van der Waals surface area contributed by atoms with Gasteiger partial charge in [0.05, 0.1) is 15.5 Å². The predicted octanol–water partition coefficient (Wildman–Crippen LogP) is 6.01. The minimum Gasteiger partial charge on any atom is -0.286 e. The van der Waals surface area contributed by atoms with Crippen molar-refractivity contribution in [3.8, 4) is 21.7 Å². The Labute approximate surface area is 191 Å². The SMILES string of the molecule is CS(=O)(=O)c1ccc(-c2nc(C(=O)c3cccc(Br)c3)sc2-c2ccc(F)cc2)cc1. The number of benzene rings is 3. The lowest BCUT2D eigenvalue weighted by atomic mass is 10.1. The van der Waals surface area contributed by atoms with Gasteiger partial charge in [-0.15, -0.1) is 11.3 Å². The second kappa shape index (κ2) is 8.45. The summed E-state index contributed by atoms with van der Waals surface area (Å²) in [6.45, 7) is 0. The van der Waals surface area contributed by atoms with Gasteiger partial charge in [0, 0.05) is 21.9 Å². The van der Waals surface area contributed by atoms with Gasteiger partial charge in [-0.1, -0.05) is 52.3 Å². The van der Waals surface area contributed by atoms with Crippen molar-refractivity contribution in [1.29, 1.82) is 0 Å². The molecule has 8 heteroatoms. The van der Waals surface area contributed by atoms with Crippen molar-refractivity contribution < 1.29 is 17.6 Å². The molecule has 0 aliphatic rings. The average molecular weight is 516 g/mol. The minimum atomic E-state index is -3.34. The first-order chi connectivity index (χ1) is 14.7. The Bertz CT molecular complexity index is 1380. The first-order valence-electron chi connectivity index (χ1n) is 9.10. The molecule has 3 aromatic carbocycles. The zero-order valence-corrected chi connectivity index (χ0v) is 19.4. The maximum Gasteiger partial charge on any atom is 0.221 e. The van der Waals surface area contributed by atoms with Gasteiger partial charge in [0.2, 0.25) is 5.78 Å². The number of halogens is 2. The molecule has 0 radical (unpaired) electrons. The van der Waals surface area contributed by atoms with E-state index in [1.165, 1.54) is 35.6 Å². The number of carbonyl (C=O) groups excluding carboxylic acids is 1. The molecule has 0 aliphatic heterocycles. The topological polar surface area (TPSA) is 64.1 Å². The van der Waals surface area contributed by atoms with Gasteiger partial charge in [-0.2, -0.15) is 0 Å². The predicted molar refractivity (Wildman–Crippen MR) is 124 cm³/mol. The largest absolute Gasteiger partial charge is 0.286 e. The minimum absolute atomic E-state index is 0.195. The Balaban J connectivity index is 1.84. The molecule has 0 atom stereocenters. The van der Waals surface area contributed by atoms with E-state index in [-0.39, 0.29) is 16.5 Å². The second-order valence-electron chi connectivity index (χ2n) is 6.84. The number of thiazole rings is 1. The highest BCUT2D eigenvalue weighted by Gasteiger charge is 2.21. The Morgan fingerprint density at radius 2 is 1.61 bits per heavy atom. The maximum absolute atomic E-state index is 13.4. The molecule has 0 aliphatic carbocycles. The normalized spacial score (nSPS) is 11.5. The first kappa shape index (κ1) is 21.5. The van der Waals surface area contributed by atoms with Crippen LogP contribution in [0.5, 0.6) is 0 Å². The van der Waals surface area contributed by atoms with Gasteiger partial charge in [-0.25, -0.2) is 17.8 Å². The van der Waals surface area contributed by atoms with Crippen LogP contribution >= 0.6 is 27.3 Å². The standard InChI is InChI=1S/C23H15BrFNO3S2/c1-31(28,29)19-11-7-14(8-12-19)20-22(15-5-9-18(25)10-6-15)30-23(26-20)21(27)16-3-2-4-17(24)13-16/h2-13H,1H3. The van der Waals surface area contributed by atoms with Crippen molar-refractivity contribution >= 4 is 42.9 Å². The molecule has 1 heterocycles. The number of nitrogens with zero attached hydrogens (tertiary/aromatic N) is 1. The summed E-state index contributed by atoms with van der Waals surface area (Å²) in [5, 5.41) is 0.291. The van der Waals surface area contributed by atoms with Gasteiger partial charge in [0.15, 0.2) is 14.8 Å². The number of carbonyl (C=O) groups is 1. The van der Waals surface area contributed by atoms with Crippen LogP contribution in [0.4, 0.5) is 4.39 Å². The van der Waals surface area contributed by atoms with E-state index in [9.17, 15) is 17.6 Å². The van der Waals surface area contributed by atoms with Crippen LogP contribution in [0.15, 0.2) is 82.2 Å². The molecule has 0 unspecified atom stereocenters. The Morgan fingerprint density at radius 1 is 0.968 bits per heavy atom. The molecule has 0 spiro atoms. The summed E-state index contributed by atoms with van der Waals surface area (Å²) in [5.74, 6) is -0.591. The zero-order valence-electron chi connectivity index (χ0n) is 16.2. The highest BCUT2D eigenvalue weighted by atomic mass is 79.9. The van der Waals surface area contributed by atoms with Crippen molar-refractivity contribution in [3.05, 3.63) is 93.7 Å². The van der Waals surface area contributed by atoms with Gasteiger partial charge in [-0.3, -0.25) is 4.79 Å². The zero-order chi connectivity index (χ0) is 22.2. The number of aromatic nitrogens is 1. The third kappa shape index (κ3) is 4.66. The van der Waals surface area contributed by atoms with Crippen molar-refractivity contribution in [2.75, 3.05) is 6.26 Å². The summed E-state index contributed by atoms with van der Waals surface area (Å²) in [4.78, 5) is 18.5. The van der Waals surface area contributed by atoms with E-state index in [1.54, 1.807) is 42.5 Å². The van der Waals surface area contributed by atoms with E-state index in [0.29, 0.717) is 26.7 Å². The van der Waals surface area contributed by atoms with Crippen LogP contribution < -0.4 is 0 Å². The number of rotatable bonds is 5. The van der Waals surface area contributed by atoms with Gasteiger partial charge in [0.1, 0.15) is 5.82 Å². The highest BCUT2D eigenvalue weighted by Crippen LogP contribution is 2.38. The molecule has 1 aromatic heterocycles. The molecule has 0 saturated heterocycles. The molecule has 0 N–H and O–H groups in total. The summed E-state index contributed by atoms with van der Waals surface area (Å²) in [6, 6.07) is 19.3. The molecular weight excluding hydrogens is 501 g/mol. The molecule has 156 valence electrons. The Kier molecular flexibility index (Phi) is 5.88. The molecule has 4 rings (SSSR count). The summed E-state index contributed by atoms with van der Waals surface area (Å²) in [5.41, 5.74) is 2.41. The van der Waals surface area contributed by atoms with Crippen LogP contribution in [0.2, 0.25) is 0 Å². The summed E-state index contributed by atoms with van der Waals surface area (Å²) < 4.78 is 37.8. The molecule has 31 heavy (non-hydrogen) atoms. The van der Waals surface area contributed by atoms with Crippen LogP contribution in [-0.4, -0.2) is 25.4 Å². The molecule has 4 aromatic rings. The van der Waals surface area contributed by atoms with E-state index in [1.807, 2.05) is 6.07 Å². The first-order valence-corrected chi connectivity index (χ1v) is 12.6. The lowest BCUT2D eigenvalue weighted by molar-refractivity contribution is 0.103. The van der Waals surface area contributed by atoms with Crippen molar-refractivity contribution in [1.82, 2.24) is 4.98 Å². The van der Waals surface area contributed by atoms with Crippen LogP contribution in [0.25, 0.3) is 21.7 Å². The summed E-state index contributed by atoms with van der Waals surface area (Å²) in [7, 11) is -3.34. The molecule has 0 bridgehead atoms. The van der Waals surface area contributed by atoms with E-state index in [4.69, 9.17) is 0 Å². The van der Waals surface area contributed by atoms with Gasteiger partial charge >= 0.3 is 0 Å². The van der Waals surface area contributed by atoms with Crippen molar-refractivity contribution in [3.63, 3.8) is 0 Å². The third-order valence-corrected chi connectivity index (χ3v) is 7.30. The average Bonchev–Trinajstić information content (AvgIpc) is 3.18. The Morgan fingerprint density at radius 3 is 2.23 bits per heavy atom. The molecule has 0 amide bonds. The van der Waals surface area contributed by atoms with E-state index < -0.39 is 9.84 Å². The monoisotopic (exact) mass is 515 g/mol. The van der Waals surface area contributed by atoms with Crippen LogP contribution in [0.3, 0.4) is 0 Å². The van der Waals surface area contributed by atoms with Crippen LogP contribution in [0, 0.1) is 5.82 Å². The number of hydrogen-bond acceptors (Lipinski definition) is 5. The Hall–Kier alpha value is -2.68. The maximum atomic E-state index is 13.4. The molecule has 4 nitrogen and oxygen atoms in total. The molecular formula is C23H15BrFNO3S2. The second-order valence-corrected chi connectivity index (χ2v) is 10.8. The van der Waals surface area contributed by atoms with Gasteiger partial charge in [-0.05, 0) is 42.0 Å². The number of sulfone groups is 1.